The molecule has 0 N–H and O–H groups in total. The summed E-state index contributed by atoms with van der Waals surface area (Å²) in [5.41, 5.74) is -2.42. The van der Waals surface area contributed by atoms with Crippen molar-refractivity contribution in [1.82, 2.24) is 19.6 Å². The molecule has 0 aromatic carbocycles. The van der Waals surface area contributed by atoms with Gasteiger partial charge in [-0.3, -0.25) is 19.6 Å². The summed E-state index contributed by atoms with van der Waals surface area (Å²) in [5.74, 6) is 0. The lowest BCUT2D eigenvalue weighted by atomic mass is 9.89. The first-order valence-corrected chi connectivity index (χ1v) is 17.0. The van der Waals surface area contributed by atoms with E-state index in [2.05, 4.69) is 0 Å². The maximum absolute atomic E-state index is 14.6. The maximum Gasteiger partial charge on any atom is 0.327 e. The van der Waals surface area contributed by atoms with Crippen LogP contribution in [0.15, 0.2) is 0 Å². The molecule has 0 radical (unpaired) electrons. The molecule has 0 saturated carbocycles. The molecule has 0 aromatic heterocycles. The van der Waals surface area contributed by atoms with Crippen LogP contribution in [0.5, 0.6) is 0 Å². The summed E-state index contributed by atoms with van der Waals surface area (Å²) >= 11 is 0. The molecule has 2 heterocycles. The number of fused-ring (bicyclic) bond motifs is 1. The number of carbonyl (C=O) groups is 2. The highest BCUT2D eigenvalue weighted by molar-refractivity contribution is 5.88. The zero-order valence-electron chi connectivity index (χ0n) is 30.1. The Morgan fingerprint density at radius 3 is 1.07 bits per heavy atom. The van der Waals surface area contributed by atoms with Crippen molar-refractivity contribution in [2.75, 3.05) is 79.8 Å². The predicted octanol–water partition coefficient (Wildman–Crippen LogP) is 4.27. The van der Waals surface area contributed by atoms with E-state index in [-0.39, 0.29) is 63.4 Å². The Bertz CT molecular complexity index is 839. The number of carbonyl (C=O) groups excluding carboxylic acids is 2. The molecular formula is C32H62N4O10. The van der Waals surface area contributed by atoms with E-state index >= 15 is 0 Å². The van der Waals surface area contributed by atoms with Crippen LogP contribution in [0.1, 0.15) is 82.1 Å². The van der Waals surface area contributed by atoms with Crippen LogP contribution in [0.3, 0.4) is 0 Å². The van der Waals surface area contributed by atoms with E-state index in [0.717, 1.165) is 0 Å². The van der Waals surface area contributed by atoms with Gasteiger partial charge in [-0.25, -0.2) is 9.59 Å². The van der Waals surface area contributed by atoms with E-state index in [9.17, 15) is 9.59 Å². The van der Waals surface area contributed by atoms with Crippen molar-refractivity contribution < 1.29 is 47.5 Å². The van der Waals surface area contributed by atoms with Crippen molar-refractivity contribution in [3.8, 4) is 0 Å². The summed E-state index contributed by atoms with van der Waals surface area (Å²) in [6.45, 7) is 22.6. The van der Waals surface area contributed by atoms with Crippen molar-refractivity contribution in [3.63, 3.8) is 0 Å². The second kappa shape index (κ2) is 19.9. The lowest BCUT2D eigenvalue weighted by Gasteiger charge is -2.48. The smallest absolute Gasteiger partial charge is 0.327 e. The average molecular weight is 663 g/mol. The molecule has 0 aliphatic carbocycles. The van der Waals surface area contributed by atoms with Crippen LogP contribution in [0, 0.1) is 0 Å². The van der Waals surface area contributed by atoms with E-state index in [1.54, 1.807) is 19.6 Å². The van der Waals surface area contributed by atoms with Gasteiger partial charge >= 0.3 is 12.1 Å². The van der Waals surface area contributed by atoms with E-state index < -0.39 is 11.3 Å². The van der Waals surface area contributed by atoms with Gasteiger partial charge in [-0.15, -0.1) is 0 Å². The first-order valence-electron chi connectivity index (χ1n) is 17.0. The molecule has 14 heteroatoms. The highest BCUT2D eigenvalue weighted by atomic mass is 16.6. The number of rotatable bonds is 26. The minimum absolute atomic E-state index is 0.0681. The largest absolute Gasteiger partial charge is 0.379 e. The molecule has 4 atom stereocenters. The van der Waals surface area contributed by atoms with Gasteiger partial charge in [0.15, 0.2) is 11.3 Å². The normalized spacial score (nSPS) is 24.2. The second-order valence-corrected chi connectivity index (χ2v) is 11.9. The highest BCUT2D eigenvalue weighted by Crippen LogP contribution is 2.53. The van der Waals surface area contributed by atoms with Gasteiger partial charge in [0.05, 0.1) is 50.8 Å². The van der Waals surface area contributed by atoms with Gasteiger partial charge in [-0.05, 0) is 68.7 Å². The van der Waals surface area contributed by atoms with Crippen LogP contribution in [-0.4, -0.2) is 147 Å². The SMILES string of the molecule is CCCC12N(COC(C)COCC)C(=O)N(COC(C)COCC)C1(C)N(COC(C)COCC)C(=O)N2COC(C)COCC. The standard InChI is InChI=1S/C32H62N4O10/c1-11-16-32-31(10,33(21-43-25(6)17-39-12-2)29(37)35(32)23-45-27(8)19-41-14-4)34(22-44-26(7)18-40-13-3)30(38)36(32)24-46-28(9)20-42-15-5/h25-28H,11-24H2,1-10H3. The summed E-state index contributed by atoms with van der Waals surface area (Å²) < 4.78 is 47.1. The van der Waals surface area contributed by atoms with Gasteiger partial charge in [0, 0.05) is 26.4 Å². The molecule has 2 rings (SSSR count). The van der Waals surface area contributed by atoms with Gasteiger partial charge in [0.2, 0.25) is 0 Å². The van der Waals surface area contributed by atoms with Crippen LogP contribution in [0.25, 0.3) is 0 Å². The zero-order chi connectivity index (χ0) is 34.3. The molecule has 2 saturated heterocycles. The third kappa shape index (κ3) is 9.43. The Hall–Kier alpha value is -1.78. The summed E-state index contributed by atoms with van der Waals surface area (Å²) in [5, 5.41) is 0. The molecule has 2 aliphatic rings. The average Bonchev–Trinajstić information content (AvgIpc) is 3.32. The van der Waals surface area contributed by atoms with E-state index in [1.807, 2.05) is 69.2 Å². The zero-order valence-corrected chi connectivity index (χ0v) is 30.1. The van der Waals surface area contributed by atoms with Crippen LogP contribution < -0.4 is 0 Å². The number of amides is 4. The minimum Gasteiger partial charge on any atom is -0.379 e. The molecule has 4 unspecified atom stereocenters. The predicted molar refractivity (Wildman–Crippen MR) is 172 cm³/mol. The Morgan fingerprint density at radius 1 is 0.522 bits per heavy atom. The van der Waals surface area contributed by atoms with Gasteiger partial charge in [0.25, 0.3) is 0 Å². The molecule has 270 valence electrons. The third-order valence-electron chi connectivity index (χ3n) is 8.40. The van der Waals surface area contributed by atoms with Crippen molar-refractivity contribution in [2.24, 2.45) is 0 Å². The highest BCUT2D eigenvalue weighted by Gasteiger charge is 2.76. The Kier molecular flexibility index (Phi) is 17.5. The summed E-state index contributed by atoms with van der Waals surface area (Å²) in [7, 11) is 0. The molecule has 0 aromatic rings. The molecular weight excluding hydrogens is 600 g/mol. The van der Waals surface area contributed by atoms with Gasteiger partial charge in [0.1, 0.15) is 26.9 Å². The molecule has 0 bridgehead atoms. The van der Waals surface area contributed by atoms with Gasteiger partial charge < -0.3 is 37.9 Å². The lowest BCUT2D eigenvalue weighted by molar-refractivity contribution is -0.160. The molecule has 2 aliphatic heterocycles. The topological polar surface area (TPSA) is 121 Å². The summed E-state index contributed by atoms with van der Waals surface area (Å²) in [6, 6.07) is -0.647. The minimum atomic E-state index is -1.23. The fourth-order valence-electron chi connectivity index (χ4n) is 5.89. The van der Waals surface area contributed by atoms with Crippen LogP contribution >= 0.6 is 0 Å². The third-order valence-corrected chi connectivity index (χ3v) is 8.40. The Labute approximate surface area is 276 Å². The number of hydrogen-bond acceptors (Lipinski definition) is 10. The molecule has 4 amide bonds. The Balaban J connectivity index is 2.61. The summed E-state index contributed by atoms with van der Waals surface area (Å²) in [4.78, 5) is 35.6. The second-order valence-electron chi connectivity index (χ2n) is 11.9. The van der Waals surface area contributed by atoms with Crippen LogP contribution in [0.4, 0.5) is 9.59 Å². The van der Waals surface area contributed by atoms with Crippen molar-refractivity contribution in [3.05, 3.63) is 0 Å². The lowest BCUT2D eigenvalue weighted by Crippen LogP contribution is -2.67. The van der Waals surface area contributed by atoms with Crippen molar-refractivity contribution in [2.45, 2.75) is 118 Å². The maximum atomic E-state index is 14.6. The van der Waals surface area contributed by atoms with Gasteiger partial charge in [-0.2, -0.15) is 0 Å². The first kappa shape index (κ1) is 40.4. The van der Waals surface area contributed by atoms with Crippen molar-refractivity contribution >= 4 is 12.1 Å². The Morgan fingerprint density at radius 2 is 0.804 bits per heavy atom. The fraction of sp³-hybridized carbons (Fsp3) is 0.938. The quantitative estimate of drug-likeness (QED) is 0.133. The number of urea groups is 2. The first-order chi connectivity index (χ1) is 22.0. The molecule has 2 fully saturated rings. The van der Waals surface area contributed by atoms with E-state index in [1.165, 1.54) is 0 Å². The van der Waals surface area contributed by atoms with Crippen molar-refractivity contribution in [1.29, 1.82) is 0 Å². The van der Waals surface area contributed by atoms with Crippen LogP contribution in [-0.2, 0) is 37.9 Å². The number of hydrogen-bond donors (Lipinski definition) is 0. The van der Waals surface area contributed by atoms with Crippen LogP contribution in [0.2, 0.25) is 0 Å². The monoisotopic (exact) mass is 662 g/mol. The molecule has 46 heavy (non-hydrogen) atoms. The molecule has 14 nitrogen and oxygen atoms in total. The fourth-order valence-corrected chi connectivity index (χ4v) is 5.89. The number of nitrogens with zero attached hydrogens (tertiary/aromatic N) is 4. The van der Waals surface area contributed by atoms with E-state index in [0.29, 0.717) is 65.7 Å². The number of ether oxygens (including phenoxy) is 8. The summed E-state index contributed by atoms with van der Waals surface area (Å²) in [6.07, 6.45) is -0.0526. The van der Waals surface area contributed by atoms with Gasteiger partial charge in [-0.1, -0.05) is 13.3 Å². The van der Waals surface area contributed by atoms with E-state index in [4.69, 9.17) is 37.9 Å². The molecule has 0 spiro atoms.